The molecule has 0 saturated carbocycles. The molecule has 4 aromatic rings. The monoisotopic (exact) mass is 401 g/mol. The minimum absolute atomic E-state index is 0.263. The predicted octanol–water partition coefficient (Wildman–Crippen LogP) is 5.50. The number of hydrogen-bond donors (Lipinski definition) is 1. The largest absolute Gasteiger partial charge is 0.417 e. The van der Waals surface area contributed by atoms with Crippen molar-refractivity contribution in [1.82, 2.24) is 20.2 Å². The Hall–Kier alpha value is -3.26. The van der Waals surface area contributed by atoms with E-state index in [0.717, 1.165) is 23.2 Å². The minimum atomic E-state index is -4.43. The molecule has 0 aliphatic heterocycles. The molecular weight excluding hydrogens is 391 g/mol. The van der Waals surface area contributed by atoms with Crippen LogP contribution in [0.25, 0.3) is 22.2 Å². The smallest absolute Gasteiger partial charge is 0.338 e. The number of fused-ring (bicyclic) bond motifs is 1. The Labute approximate surface area is 162 Å². The summed E-state index contributed by atoms with van der Waals surface area (Å²) in [5.74, 6) is 0.263. The second-order valence-corrected chi connectivity index (χ2v) is 6.29. The maximum Gasteiger partial charge on any atom is 0.417 e. The lowest BCUT2D eigenvalue weighted by molar-refractivity contribution is -0.137. The standard InChI is InChI=1S/C19H11ClF3N5/c20-14-2-1-7-24-18(14)11-3-5-13-15(8-11)28-26-10-16(13)27-17-6-4-12(9-25-17)19(21,22)23/h1-10H,(H,25,27,28). The van der Waals surface area contributed by atoms with Gasteiger partial charge in [0.05, 0.1) is 33.7 Å². The molecule has 9 heteroatoms. The van der Waals surface area contributed by atoms with Gasteiger partial charge in [0.25, 0.3) is 0 Å². The average molecular weight is 402 g/mol. The van der Waals surface area contributed by atoms with Gasteiger partial charge in [-0.3, -0.25) is 4.98 Å². The lowest BCUT2D eigenvalue weighted by Gasteiger charge is -2.11. The summed E-state index contributed by atoms with van der Waals surface area (Å²) >= 11 is 6.19. The zero-order valence-corrected chi connectivity index (χ0v) is 14.8. The van der Waals surface area contributed by atoms with Crippen LogP contribution in [0.5, 0.6) is 0 Å². The molecule has 0 fully saturated rings. The van der Waals surface area contributed by atoms with Gasteiger partial charge in [0.2, 0.25) is 0 Å². The molecular formula is C19H11ClF3N5. The van der Waals surface area contributed by atoms with Crippen molar-refractivity contribution in [2.45, 2.75) is 6.18 Å². The van der Waals surface area contributed by atoms with Gasteiger partial charge in [-0.2, -0.15) is 23.4 Å². The first-order valence-electron chi connectivity index (χ1n) is 8.08. The highest BCUT2D eigenvalue weighted by Crippen LogP contribution is 2.32. The first kappa shape index (κ1) is 18.1. The molecule has 0 radical (unpaired) electrons. The Morgan fingerprint density at radius 3 is 2.54 bits per heavy atom. The molecule has 1 aromatic carbocycles. The van der Waals surface area contributed by atoms with Crippen LogP contribution in [0.3, 0.4) is 0 Å². The molecule has 3 heterocycles. The Morgan fingerprint density at radius 2 is 1.82 bits per heavy atom. The molecule has 1 N–H and O–H groups in total. The van der Waals surface area contributed by atoms with Gasteiger partial charge >= 0.3 is 6.18 Å². The van der Waals surface area contributed by atoms with E-state index in [1.165, 1.54) is 12.3 Å². The van der Waals surface area contributed by atoms with Crippen molar-refractivity contribution >= 4 is 34.0 Å². The number of benzene rings is 1. The number of halogens is 4. The lowest BCUT2D eigenvalue weighted by Crippen LogP contribution is -2.06. The first-order chi connectivity index (χ1) is 13.4. The van der Waals surface area contributed by atoms with E-state index in [1.807, 2.05) is 12.1 Å². The molecule has 4 rings (SSSR count). The van der Waals surface area contributed by atoms with Gasteiger partial charge in [0.15, 0.2) is 0 Å². The number of aromatic nitrogens is 4. The van der Waals surface area contributed by atoms with Crippen LogP contribution in [0.15, 0.2) is 61.1 Å². The molecule has 0 saturated heterocycles. The SMILES string of the molecule is FC(F)(F)c1ccc(Nc2cnnc3cc(-c4ncccc4Cl)ccc23)nc1. The topological polar surface area (TPSA) is 63.6 Å². The zero-order chi connectivity index (χ0) is 19.7. The number of anilines is 2. The van der Waals surface area contributed by atoms with Crippen molar-refractivity contribution in [2.75, 3.05) is 5.32 Å². The van der Waals surface area contributed by atoms with Crippen LogP contribution in [0.2, 0.25) is 5.02 Å². The van der Waals surface area contributed by atoms with Gasteiger partial charge in [-0.25, -0.2) is 4.98 Å². The molecule has 3 aromatic heterocycles. The third kappa shape index (κ3) is 3.59. The van der Waals surface area contributed by atoms with Gasteiger partial charge in [-0.15, -0.1) is 0 Å². The number of hydrogen-bond acceptors (Lipinski definition) is 5. The van der Waals surface area contributed by atoms with Crippen LogP contribution in [-0.4, -0.2) is 20.2 Å². The van der Waals surface area contributed by atoms with Gasteiger partial charge < -0.3 is 5.32 Å². The number of nitrogens with one attached hydrogen (secondary N) is 1. The van der Waals surface area contributed by atoms with E-state index < -0.39 is 11.7 Å². The fourth-order valence-electron chi connectivity index (χ4n) is 2.68. The quantitative estimate of drug-likeness (QED) is 0.491. The van der Waals surface area contributed by atoms with E-state index in [2.05, 4.69) is 25.5 Å². The van der Waals surface area contributed by atoms with Crippen LogP contribution in [0.4, 0.5) is 24.7 Å². The summed E-state index contributed by atoms with van der Waals surface area (Å²) in [6.07, 6.45) is -0.527. The number of nitrogens with zero attached hydrogens (tertiary/aromatic N) is 4. The summed E-state index contributed by atoms with van der Waals surface area (Å²) in [4.78, 5) is 8.09. The molecule has 0 amide bonds. The highest BCUT2D eigenvalue weighted by atomic mass is 35.5. The van der Waals surface area contributed by atoms with Crippen molar-refractivity contribution in [2.24, 2.45) is 0 Å². The molecule has 0 atom stereocenters. The van der Waals surface area contributed by atoms with Crippen LogP contribution in [-0.2, 0) is 6.18 Å². The summed E-state index contributed by atoms with van der Waals surface area (Å²) in [6.45, 7) is 0. The van der Waals surface area contributed by atoms with Crippen molar-refractivity contribution in [3.05, 3.63) is 71.6 Å². The fraction of sp³-hybridized carbons (Fsp3) is 0.0526. The summed E-state index contributed by atoms with van der Waals surface area (Å²) in [5, 5.41) is 12.3. The first-order valence-corrected chi connectivity index (χ1v) is 8.46. The average Bonchev–Trinajstić information content (AvgIpc) is 2.68. The second-order valence-electron chi connectivity index (χ2n) is 5.88. The van der Waals surface area contributed by atoms with Gasteiger partial charge in [0, 0.05) is 23.3 Å². The Bertz CT molecular complexity index is 1150. The molecule has 0 aliphatic rings. The second kappa shape index (κ2) is 7.05. The molecule has 140 valence electrons. The lowest BCUT2D eigenvalue weighted by atomic mass is 10.1. The van der Waals surface area contributed by atoms with Crippen molar-refractivity contribution < 1.29 is 13.2 Å². The number of pyridine rings is 2. The summed E-state index contributed by atoms with van der Waals surface area (Å²) in [5.41, 5.74) is 1.73. The van der Waals surface area contributed by atoms with Crippen LogP contribution in [0, 0.1) is 0 Å². The zero-order valence-electron chi connectivity index (χ0n) is 14.1. The fourth-order valence-corrected chi connectivity index (χ4v) is 2.91. The number of alkyl halides is 3. The van der Waals surface area contributed by atoms with Crippen molar-refractivity contribution in [3.8, 4) is 11.3 Å². The van der Waals surface area contributed by atoms with E-state index in [4.69, 9.17) is 11.6 Å². The van der Waals surface area contributed by atoms with Crippen molar-refractivity contribution in [1.29, 1.82) is 0 Å². The molecule has 0 unspecified atom stereocenters. The van der Waals surface area contributed by atoms with Crippen molar-refractivity contribution in [3.63, 3.8) is 0 Å². The van der Waals surface area contributed by atoms with E-state index in [-0.39, 0.29) is 5.82 Å². The van der Waals surface area contributed by atoms with Gasteiger partial charge in [-0.1, -0.05) is 17.7 Å². The third-order valence-corrected chi connectivity index (χ3v) is 4.33. The Kier molecular flexibility index (Phi) is 4.56. The summed E-state index contributed by atoms with van der Waals surface area (Å²) in [6, 6.07) is 11.2. The summed E-state index contributed by atoms with van der Waals surface area (Å²) in [7, 11) is 0. The molecule has 0 aliphatic carbocycles. The van der Waals surface area contributed by atoms with E-state index in [0.29, 0.717) is 21.9 Å². The highest BCUT2D eigenvalue weighted by Gasteiger charge is 2.30. The predicted molar refractivity (Wildman–Crippen MR) is 100 cm³/mol. The Balaban J connectivity index is 1.68. The highest BCUT2D eigenvalue weighted by molar-refractivity contribution is 6.33. The normalized spacial score (nSPS) is 11.6. The van der Waals surface area contributed by atoms with E-state index in [9.17, 15) is 13.2 Å². The third-order valence-electron chi connectivity index (χ3n) is 4.03. The van der Waals surface area contributed by atoms with Gasteiger partial charge in [0.1, 0.15) is 5.82 Å². The minimum Gasteiger partial charge on any atom is -0.338 e. The van der Waals surface area contributed by atoms with Crippen LogP contribution >= 0.6 is 11.6 Å². The van der Waals surface area contributed by atoms with E-state index in [1.54, 1.807) is 24.4 Å². The molecule has 0 spiro atoms. The van der Waals surface area contributed by atoms with Crippen LogP contribution in [0.1, 0.15) is 5.56 Å². The van der Waals surface area contributed by atoms with Crippen LogP contribution < -0.4 is 5.32 Å². The maximum atomic E-state index is 12.7. The number of rotatable bonds is 3. The summed E-state index contributed by atoms with van der Waals surface area (Å²) < 4.78 is 38.0. The molecule has 28 heavy (non-hydrogen) atoms. The molecule has 5 nitrogen and oxygen atoms in total. The molecule has 0 bridgehead atoms. The van der Waals surface area contributed by atoms with Gasteiger partial charge in [-0.05, 0) is 36.4 Å². The van der Waals surface area contributed by atoms with E-state index >= 15 is 0 Å². The maximum absolute atomic E-state index is 12.7. The Morgan fingerprint density at radius 1 is 0.964 bits per heavy atom.